The van der Waals surface area contributed by atoms with E-state index in [1.165, 1.54) is 37.6 Å². The van der Waals surface area contributed by atoms with E-state index in [-0.39, 0.29) is 0 Å². The third-order valence-electron chi connectivity index (χ3n) is 4.54. The summed E-state index contributed by atoms with van der Waals surface area (Å²) in [5.41, 5.74) is 2.28. The lowest BCUT2D eigenvalue weighted by atomic mass is 9.83. The van der Waals surface area contributed by atoms with E-state index in [4.69, 9.17) is 4.98 Å². The van der Waals surface area contributed by atoms with Crippen LogP contribution in [0.15, 0.2) is 24.3 Å². The summed E-state index contributed by atoms with van der Waals surface area (Å²) in [6.45, 7) is 2.31. The van der Waals surface area contributed by atoms with Crippen molar-refractivity contribution in [2.24, 2.45) is 13.0 Å². The highest BCUT2D eigenvalue weighted by Gasteiger charge is 2.24. The second-order valence-corrected chi connectivity index (χ2v) is 5.69. The Hall–Kier alpha value is -1.51. The molecule has 1 fully saturated rings. The smallest absolute Gasteiger partial charge is 0.203 e. The van der Waals surface area contributed by atoms with Crippen LogP contribution in [0.3, 0.4) is 0 Å². The Morgan fingerprint density at radius 2 is 2.05 bits per heavy atom. The number of anilines is 1. The number of imidazole rings is 1. The van der Waals surface area contributed by atoms with Crippen LogP contribution in [0.1, 0.15) is 39.0 Å². The van der Waals surface area contributed by atoms with Crippen molar-refractivity contribution in [1.29, 1.82) is 0 Å². The molecular weight excluding hydrogens is 234 g/mol. The summed E-state index contributed by atoms with van der Waals surface area (Å²) in [6, 6.07) is 8.93. The van der Waals surface area contributed by atoms with Gasteiger partial charge in [0.2, 0.25) is 5.95 Å². The predicted octanol–water partition coefficient (Wildman–Crippen LogP) is 3.95. The standard InChI is InChI=1S/C16H23N3/c1-3-12-8-4-5-9-13(12)17-16-18-14-10-6-7-11-15(14)19(16)2/h6-7,10-13H,3-5,8-9H2,1-2H3,(H,17,18). The summed E-state index contributed by atoms with van der Waals surface area (Å²) >= 11 is 0. The number of aryl methyl sites for hydroxylation is 1. The summed E-state index contributed by atoms with van der Waals surface area (Å²) in [5, 5.41) is 3.69. The van der Waals surface area contributed by atoms with Gasteiger partial charge in [0.25, 0.3) is 0 Å². The maximum absolute atomic E-state index is 4.73. The lowest BCUT2D eigenvalue weighted by Crippen LogP contribution is -2.32. The second-order valence-electron chi connectivity index (χ2n) is 5.69. The zero-order chi connectivity index (χ0) is 13.2. The molecule has 0 aliphatic heterocycles. The molecule has 102 valence electrons. The van der Waals surface area contributed by atoms with E-state index in [1.54, 1.807) is 0 Å². The van der Waals surface area contributed by atoms with Crippen LogP contribution in [0.4, 0.5) is 5.95 Å². The highest BCUT2D eigenvalue weighted by Crippen LogP contribution is 2.29. The number of para-hydroxylation sites is 2. The minimum absolute atomic E-state index is 0.592. The average Bonchev–Trinajstić information content (AvgIpc) is 2.77. The number of rotatable bonds is 3. The van der Waals surface area contributed by atoms with Crippen LogP contribution in [0.2, 0.25) is 0 Å². The maximum Gasteiger partial charge on any atom is 0.203 e. The van der Waals surface area contributed by atoms with Gasteiger partial charge in [-0.2, -0.15) is 0 Å². The van der Waals surface area contributed by atoms with Gasteiger partial charge in [-0.05, 0) is 30.9 Å². The Morgan fingerprint density at radius 3 is 2.84 bits per heavy atom. The van der Waals surface area contributed by atoms with Crippen LogP contribution in [-0.4, -0.2) is 15.6 Å². The quantitative estimate of drug-likeness (QED) is 0.902. The molecule has 0 spiro atoms. The van der Waals surface area contributed by atoms with Crippen molar-refractivity contribution in [3.05, 3.63) is 24.3 Å². The van der Waals surface area contributed by atoms with Crippen molar-refractivity contribution in [2.75, 3.05) is 5.32 Å². The number of benzene rings is 1. The first-order valence-corrected chi connectivity index (χ1v) is 7.47. The normalized spacial score (nSPS) is 23.7. The topological polar surface area (TPSA) is 29.9 Å². The Balaban J connectivity index is 1.86. The van der Waals surface area contributed by atoms with Crippen LogP contribution in [0.5, 0.6) is 0 Å². The van der Waals surface area contributed by atoms with Gasteiger partial charge in [-0.25, -0.2) is 4.98 Å². The molecule has 1 heterocycles. The van der Waals surface area contributed by atoms with E-state index in [9.17, 15) is 0 Å². The Kier molecular flexibility index (Phi) is 3.45. The van der Waals surface area contributed by atoms with Crippen LogP contribution < -0.4 is 5.32 Å². The second kappa shape index (κ2) is 5.24. The summed E-state index contributed by atoms with van der Waals surface area (Å²) in [6.07, 6.45) is 6.64. The Bertz CT molecular complexity index is 558. The molecule has 19 heavy (non-hydrogen) atoms. The molecule has 1 saturated carbocycles. The molecule has 3 rings (SSSR count). The number of nitrogens with zero attached hydrogens (tertiary/aromatic N) is 2. The lowest BCUT2D eigenvalue weighted by molar-refractivity contribution is 0.316. The molecule has 0 saturated heterocycles. The van der Waals surface area contributed by atoms with Crippen molar-refractivity contribution in [3.8, 4) is 0 Å². The number of nitrogens with one attached hydrogen (secondary N) is 1. The summed E-state index contributed by atoms with van der Waals surface area (Å²) in [5.74, 6) is 1.82. The van der Waals surface area contributed by atoms with E-state index in [0.29, 0.717) is 6.04 Å². The predicted molar refractivity (Wildman–Crippen MR) is 80.4 cm³/mol. The van der Waals surface area contributed by atoms with E-state index in [1.807, 2.05) is 0 Å². The fourth-order valence-corrected chi connectivity index (χ4v) is 3.33. The van der Waals surface area contributed by atoms with E-state index in [0.717, 1.165) is 17.4 Å². The zero-order valence-corrected chi connectivity index (χ0v) is 11.9. The van der Waals surface area contributed by atoms with Crippen LogP contribution in [-0.2, 0) is 7.05 Å². The van der Waals surface area contributed by atoms with Crippen molar-refractivity contribution in [1.82, 2.24) is 9.55 Å². The van der Waals surface area contributed by atoms with Crippen molar-refractivity contribution < 1.29 is 0 Å². The number of aromatic nitrogens is 2. The molecular formula is C16H23N3. The highest BCUT2D eigenvalue weighted by atomic mass is 15.2. The third kappa shape index (κ3) is 2.34. The Labute approximate surface area is 115 Å². The molecule has 2 unspecified atom stereocenters. The number of hydrogen-bond acceptors (Lipinski definition) is 2. The van der Waals surface area contributed by atoms with Gasteiger partial charge < -0.3 is 9.88 Å². The van der Waals surface area contributed by atoms with Crippen LogP contribution >= 0.6 is 0 Å². The third-order valence-corrected chi connectivity index (χ3v) is 4.54. The first-order valence-electron chi connectivity index (χ1n) is 7.47. The van der Waals surface area contributed by atoms with Crippen molar-refractivity contribution in [2.45, 2.75) is 45.1 Å². The number of hydrogen-bond donors (Lipinski definition) is 1. The van der Waals surface area contributed by atoms with Gasteiger partial charge in [0.1, 0.15) is 0 Å². The molecule has 0 bridgehead atoms. The van der Waals surface area contributed by atoms with Crippen molar-refractivity contribution in [3.63, 3.8) is 0 Å². The van der Waals surface area contributed by atoms with Gasteiger partial charge in [-0.15, -0.1) is 0 Å². The van der Waals surface area contributed by atoms with Crippen LogP contribution in [0, 0.1) is 5.92 Å². The maximum atomic E-state index is 4.73. The molecule has 2 aromatic rings. The van der Waals surface area contributed by atoms with E-state index >= 15 is 0 Å². The lowest BCUT2D eigenvalue weighted by Gasteiger charge is -2.31. The molecule has 0 radical (unpaired) electrons. The number of fused-ring (bicyclic) bond motifs is 1. The highest BCUT2D eigenvalue weighted by molar-refractivity contribution is 5.78. The van der Waals surface area contributed by atoms with Crippen molar-refractivity contribution >= 4 is 17.0 Å². The van der Waals surface area contributed by atoms with Gasteiger partial charge in [0.05, 0.1) is 11.0 Å². The largest absolute Gasteiger partial charge is 0.353 e. The summed E-state index contributed by atoms with van der Waals surface area (Å²) in [7, 11) is 2.10. The molecule has 1 aromatic heterocycles. The minimum atomic E-state index is 0.592. The van der Waals surface area contributed by atoms with Gasteiger partial charge in [0, 0.05) is 13.1 Å². The molecule has 0 amide bonds. The van der Waals surface area contributed by atoms with Gasteiger partial charge in [0.15, 0.2) is 0 Å². The van der Waals surface area contributed by atoms with Gasteiger partial charge in [-0.3, -0.25) is 0 Å². The fourth-order valence-electron chi connectivity index (χ4n) is 3.33. The molecule has 1 aromatic carbocycles. The van der Waals surface area contributed by atoms with Gasteiger partial charge in [-0.1, -0.05) is 38.3 Å². The van der Waals surface area contributed by atoms with Gasteiger partial charge >= 0.3 is 0 Å². The fraction of sp³-hybridized carbons (Fsp3) is 0.562. The summed E-state index contributed by atoms with van der Waals surface area (Å²) in [4.78, 5) is 4.73. The molecule has 3 nitrogen and oxygen atoms in total. The monoisotopic (exact) mass is 257 g/mol. The van der Waals surface area contributed by atoms with Crippen LogP contribution in [0.25, 0.3) is 11.0 Å². The minimum Gasteiger partial charge on any atom is -0.353 e. The Morgan fingerprint density at radius 1 is 1.26 bits per heavy atom. The average molecular weight is 257 g/mol. The first kappa shape index (κ1) is 12.5. The molecule has 1 aliphatic rings. The molecule has 1 N–H and O–H groups in total. The molecule has 3 heteroatoms. The first-order chi connectivity index (χ1) is 9.29. The zero-order valence-electron chi connectivity index (χ0n) is 11.9. The van der Waals surface area contributed by atoms with E-state index < -0.39 is 0 Å². The molecule has 2 atom stereocenters. The SMILES string of the molecule is CCC1CCCCC1Nc1nc2ccccc2n1C. The summed E-state index contributed by atoms with van der Waals surface area (Å²) < 4.78 is 2.18. The van der Waals surface area contributed by atoms with E-state index in [2.05, 4.69) is 48.1 Å². The molecule has 1 aliphatic carbocycles.